The van der Waals surface area contributed by atoms with Crippen molar-refractivity contribution in [1.29, 1.82) is 0 Å². The van der Waals surface area contributed by atoms with Gasteiger partial charge >= 0.3 is 0 Å². The van der Waals surface area contributed by atoms with Gasteiger partial charge in [-0.05, 0) is 66.6 Å². The highest BCUT2D eigenvalue weighted by Crippen LogP contribution is 2.58. The fourth-order valence-corrected chi connectivity index (χ4v) is 7.34. The van der Waals surface area contributed by atoms with E-state index in [2.05, 4.69) is 41.6 Å². The van der Waals surface area contributed by atoms with Crippen LogP contribution < -0.4 is 16.0 Å². The summed E-state index contributed by atoms with van der Waals surface area (Å²) >= 11 is 12.6. The second-order valence-corrected chi connectivity index (χ2v) is 13.5. The number of likely N-dealkylation sites (tertiary alicyclic amines) is 1. The van der Waals surface area contributed by atoms with Crippen LogP contribution in [0.2, 0.25) is 10.0 Å². The van der Waals surface area contributed by atoms with Crippen molar-refractivity contribution in [2.24, 2.45) is 5.41 Å². The second kappa shape index (κ2) is 11.4. The largest absolute Gasteiger partial charge is 0.392 e. The van der Waals surface area contributed by atoms with Crippen molar-refractivity contribution in [3.8, 4) is 0 Å². The Balaban J connectivity index is 1.52. The van der Waals surface area contributed by atoms with Crippen LogP contribution in [0.25, 0.3) is 0 Å². The molecule has 6 atom stereocenters. The molecule has 40 heavy (non-hydrogen) atoms. The molecule has 0 radical (unpaired) electrons. The minimum atomic E-state index is -1.11. The summed E-state index contributed by atoms with van der Waals surface area (Å²) in [5, 5.41) is 31.9. The predicted octanol–water partition coefficient (Wildman–Crippen LogP) is 4.25. The van der Waals surface area contributed by atoms with E-state index in [1.54, 1.807) is 6.07 Å². The van der Waals surface area contributed by atoms with E-state index in [0.717, 1.165) is 31.5 Å². The Morgan fingerprint density at radius 1 is 1.23 bits per heavy atom. The van der Waals surface area contributed by atoms with Gasteiger partial charge in [0.15, 0.2) is 0 Å². The lowest BCUT2D eigenvalue weighted by molar-refractivity contribution is -0.123. The van der Waals surface area contributed by atoms with Crippen LogP contribution in [0.4, 0.5) is 10.1 Å². The minimum absolute atomic E-state index is 0.0343. The molecule has 3 aliphatic rings. The molecule has 3 aliphatic heterocycles. The SMILES string of the molecule is CC(C)(C)C[C@H]1N[C@@H](C(=O)NCCCN2CC[C@H](O)C2)[C@H](c2cccc(Cl)c2)[C@]12c1cc(F)c(Cl)cc1N[C@H]2O. The number of carbonyl (C=O) groups excluding carboxylic acids is 1. The molecule has 1 amide bonds. The summed E-state index contributed by atoms with van der Waals surface area (Å²) in [6.45, 7) is 9.12. The van der Waals surface area contributed by atoms with Crippen molar-refractivity contribution in [2.75, 3.05) is 31.5 Å². The van der Waals surface area contributed by atoms with Gasteiger partial charge in [-0.25, -0.2) is 4.39 Å². The smallest absolute Gasteiger partial charge is 0.237 e. The summed E-state index contributed by atoms with van der Waals surface area (Å²) in [6.07, 6.45) is 0.762. The van der Waals surface area contributed by atoms with Crippen LogP contribution in [0.5, 0.6) is 0 Å². The van der Waals surface area contributed by atoms with Crippen LogP contribution in [-0.2, 0) is 10.2 Å². The second-order valence-electron chi connectivity index (χ2n) is 12.7. The molecule has 10 heteroatoms. The van der Waals surface area contributed by atoms with E-state index in [0.29, 0.717) is 35.8 Å². The summed E-state index contributed by atoms with van der Waals surface area (Å²) in [6, 6.07) is 9.17. The van der Waals surface area contributed by atoms with Gasteiger partial charge in [0.1, 0.15) is 12.0 Å². The average molecular weight is 594 g/mol. The molecule has 2 fully saturated rings. The van der Waals surface area contributed by atoms with Gasteiger partial charge in [0.25, 0.3) is 0 Å². The molecule has 5 N–H and O–H groups in total. The first-order valence-electron chi connectivity index (χ1n) is 14.0. The van der Waals surface area contributed by atoms with Crippen molar-refractivity contribution >= 4 is 34.8 Å². The van der Waals surface area contributed by atoms with E-state index < -0.39 is 29.4 Å². The lowest BCUT2D eigenvalue weighted by Crippen LogP contribution is -2.52. The third-order valence-corrected chi connectivity index (χ3v) is 9.11. The van der Waals surface area contributed by atoms with Crippen LogP contribution in [0.15, 0.2) is 36.4 Å². The fraction of sp³-hybridized carbons (Fsp3) is 0.567. The van der Waals surface area contributed by atoms with E-state index in [1.165, 1.54) is 12.1 Å². The first-order valence-corrected chi connectivity index (χ1v) is 14.8. The Kier molecular flexibility index (Phi) is 8.41. The monoisotopic (exact) mass is 592 g/mol. The fourth-order valence-electron chi connectivity index (χ4n) is 6.97. The Bertz CT molecular complexity index is 1260. The highest BCUT2D eigenvalue weighted by Gasteiger charge is 2.65. The normalized spacial score (nSPS) is 30.1. The summed E-state index contributed by atoms with van der Waals surface area (Å²) in [4.78, 5) is 16.1. The number of halogens is 3. The predicted molar refractivity (Wildman–Crippen MR) is 156 cm³/mol. The molecule has 3 heterocycles. The van der Waals surface area contributed by atoms with Gasteiger partial charge in [-0.2, -0.15) is 0 Å². The third-order valence-electron chi connectivity index (χ3n) is 8.58. The Morgan fingerprint density at radius 2 is 2.00 bits per heavy atom. The van der Waals surface area contributed by atoms with Crippen LogP contribution >= 0.6 is 23.2 Å². The molecule has 1 spiro atoms. The number of carbonyl (C=O) groups is 1. The Labute approximate surface area is 245 Å². The van der Waals surface area contributed by atoms with Gasteiger partial charge < -0.3 is 31.1 Å². The molecule has 0 unspecified atom stereocenters. The summed E-state index contributed by atoms with van der Waals surface area (Å²) in [5.41, 5.74) is 0.693. The molecule has 0 aromatic heterocycles. The van der Waals surface area contributed by atoms with Crippen molar-refractivity contribution in [3.63, 3.8) is 0 Å². The zero-order valence-corrected chi connectivity index (χ0v) is 24.7. The van der Waals surface area contributed by atoms with Gasteiger partial charge in [-0.3, -0.25) is 4.79 Å². The molecule has 2 aromatic carbocycles. The highest BCUT2D eigenvalue weighted by molar-refractivity contribution is 6.31. The molecule has 2 aromatic rings. The molecule has 0 saturated carbocycles. The number of nitrogens with zero attached hydrogens (tertiary/aromatic N) is 1. The molecular formula is C30H39Cl2FN4O3. The number of nitrogens with one attached hydrogen (secondary N) is 3. The number of rotatable bonds is 7. The molecule has 0 bridgehead atoms. The van der Waals surface area contributed by atoms with E-state index >= 15 is 4.39 Å². The van der Waals surface area contributed by atoms with Gasteiger partial charge in [-0.1, -0.05) is 56.1 Å². The highest BCUT2D eigenvalue weighted by atomic mass is 35.5. The maximum absolute atomic E-state index is 15.0. The number of β-amino-alcohol motifs (C(OH)–C–C–N with tert-alkyl or cyclic N) is 1. The number of fused-ring (bicyclic) bond motifs is 2. The first-order chi connectivity index (χ1) is 18.9. The van der Waals surface area contributed by atoms with Crippen molar-refractivity contribution < 1.29 is 19.4 Å². The number of amides is 1. The zero-order chi connectivity index (χ0) is 28.8. The molecular weight excluding hydrogens is 554 g/mol. The van der Waals surface area contributed by atoms with Gasteiger partial charge in [0.2, 0.25) is 5.91 Å². The summed E-state index contributed by atoms with van der Waals surface area (Å²) < 4.78 is 15.0. The lowest BCUT2D eigenvalue weighted by atomic mass is 9.62. The quantitative estimate of drug-likeness (QED) is 0.308. The van der Waals surface area contributed by atoms with Crippen molar-refractivity contribution in [3.05, 3.63) is 63.4 Å². The van der Waals surface area contributed by atoms with E-state index in [-0.39, 0.29) is 28.5 Å². The first kappa shape index (κ1) is 29.5. The van der Waals surface area contributed by atoms with Gasteiger partial charge in [-0.15, -0.1) is 0 Å². The number of hydrogen-bond acceptors (Lipinski definition) is 6. The molecule has 2 saturated heterocycles. The van der Waals surface area contributed by atoms with Crippen LogP contribution in [-0.4, -0.2) is 71.6 Å². The van der Waals surface area contributed by atoms with Crippen molar-refractivity contribution in [2.45, 2.75) is 75.8 Å². The number of benzene rings is 2. The lowest BCUT2D eigenvalue weighted by Gasteiger charge is -2.41. The maximum Gasteiger partial charge on any atom is 0.237 e. The molecule has 5 rings (SSSR count). The number of aliphatic hydroxyl groups excluding tert-OH is 2. The third kappa shape index (κ3) is 5.59. The standard InChI is InChI=1S/C30H39Cl2FN4O3/c1-29(2,3)15-24-30(20-13-22(33)21(32)14-23(20)35-28(30)40)25(17-6-4-7-18(31)12-17)26(36-24)27(39)34-9-5-10-37-11-8-19(38)16-37/h4,6-7,12-14,19,24-26,28,35-36,38,40H,5,8-11,15-16H2,1-3H3,(H,34,39)/t19-,24+,25-,26+,28-,30-/m0/s1. The molecule has 218 valence electrons. The summed E-state index contributed by atoms with van der Waals surface area (Å²) in [5.74, 6) is -1.32. The van der Waals surface area contributed by atoms with Gasteiger partial charge in [0.05, 0.1) is 22.6 Å². The van der Waals surface area contributed by atoms with Crippen LogP contribution in [0.1, 0.15) is 57.1 Å². The van der Waals surface area contributed by atoms with E-state index in [4.69, 9.17) is 23.2 Å². The van der Waals surface area contributed by atoms with E-state index in [1.807, 2.05) is 18.2 Å². The summed E-state index contributed by atoms with van der Waals surface area (Å²) in [7, 11) is 0. The van der Waals surface area contributed by atoms with Gasteiger partial charge in [0, 0.05) is 42.3 Å². The maximum atomic E-state index is 15.0. The molecule has 0 aliphatic carbocycles. The van der Waals surface area contributed by atoms with E-state index in [9.17, 15) is 15.0 Å². The number of hydrogen-bond donors (Lipinski definition) is 5. The van der Waals surface area contributed by atoms with Crippen LogP contribution in [0, 0.1) is 11.2 Å². The number of aliphatic hydroxyl groups is 2. The Hall–Kier alpha value is -1.94. The Morgan fingerprint density at radius 3 is 2.67 bits per heavy atom. The van der Waals surface area contributed by atoms with Crippen LogP contribution in [0.3, 0.4) is 0 Å². The molecule has 7 nitrogen and oxygen atoms in total. The van der Waals surface area contributed by atoms with Crippen molar-refractivity contribution in [1.82, 2.24) is 15.5 Å². The topological polar surface area (TPSA) is 96.9 Å². The minimum Gasteiger partial charge on any atom is -0.392 e. The zero-order valence-electron chi connectivity index (χ0n) is 23.2. The average Bonchev–Trinajstić information content (AvgIpc) is 3.51. The number of anilines is 1.